The maximum absolute atomic E-state index is 12.8. The molecule has 0 saturated carbocycles. The minimum absolute atomic E-state index is 0.195. The zero-order valence-electron chi connectivity index (χ0n) is 18.1. The SMILES string of the molecule is C[Si](C)(C)OC1([C@H]2CC(=O)Oc3ccccc32)c2ccccc2C=Cc2ccccc21. The van der Waals surface area contributed by atoms with Crippen molar-refractivity contribution in [2.24, 2.45) is 0 Å². The van der Waals surface area contributed by atoms with E-state index >= 15 is 0 Å². The average Bonchev–Trinajstić information content (AvgIpc) is 2.88. The second-order valence-electron chi connectivity index (χ2n) is 9.23. The Morgan fingerprint density at radius 2 is 1.39 bits per heavy atom. The van der Waals surface area contributed by atoms with Crippen molar-refractivity contribution >= 4 is 26.4 Å². The summed E-state index contributed by atoms with van der Waals surface area (Å²) in [6.45, 7) is 6.64. The van der Waals surface area contributed by atoms with Crippen LogP contribution in [0.3, 0.4) is 0 Å². The molecule has 4 heteroatoms. The molecule has 0 bridgehead atoms. The molecular weight excluding hydrogens is 400 g/mol. The number of rotatable bonds is 3. The Labute approximate surface area is 184 Å². The molecule has 0 spiro atoms. The van der Waals surface area contributed by atoms with Crippen LogP contribution in [-0.4, -0.2) is 14.3 Å². The highest BCUT2D eigenvalue weighted by Gasteiger charge is 2.51. The summed E-state index contributed by atoms with van der Waals surface area (Å²) < 4.78 is 12.9. The zero-order chi connectivity index (χ0) is 21.6. The first-order chi connectivity index (χ1) is 14.9. The van der Waals surface area contributed by atoms with Crippen LogP contribution in [-0.2, 0) is 14.8 Å². The summed E-state index contributed by atoms with van der Waals surface area (Å²) in [6, 6.07) is 24.7. The van der Waals surface area contributed by atoms with Crippen molar-refractivity contribution in [1.29, 1.82) is 0 Å². The van der Waals surface area contributed by atoms with Crippen molar-refractivity contribution < 1.29 is 14.0 Å². The molecular formula is C27H26O3Si. The minimum Gasteiger partial charge on any atom is -0.426 e. The Morgan fingerprint density at radius 3 is 2.00 bits per heavy atom. The number of benzene rings is 3. The molecule has 3 aromatic carbocycles. The number of hydrogen-bond donors (Lipinski definition) is 0. The first-order valence-electron chi connectivity index (χ1n) is 10.8. The third kappa shape index (κ3) is 3.36. The maximum Gasteiger partial charge on any atom is 0.311 e. The molecule has 0 saturated heterocycles. The van der Waals surface area contributed by atoms with Crippen molar-refractivity contribution in [3.63, 3.8) is 0 Å². The Hall–Kier alpha value is -2.95. The molecule has 1 heterocycles. The molecule has 1 aliphatic heterocycles. The van der Waals surface area contributed by atoms with Gasteiger partial charge < -0.3 is 9.16 Å². The van der Waals surface area contributed by atoms with Crippen molar-refractivity contribution in [2.45, 2.75) is 37.6 Å². The molecule has 0 unspecified atom stereocenters. The van der Waals surface area contributed by atoms with Crippen LogP contribution in [0, 0.1) is 0 Å². The van der Waals surface area contributed by atoms with Crippen LogP contribution in [0.5, 0.6) is 5.75 Å². The van der Waals surface area contributed by atoms with Crippen LogP contribution in [0.4, 0.5) is 0 Å². The standard InChI is InChI=1S/C27H26O3Si/c1-31(2,3)30-27(24-18-26(28)29-25-15-9-6-12-21(24)25)22-13-7-4-10-19(22)16-17-20-11-5-8-14-23(20)27/h4-17,24H,18H2,1-3H3/t24-/m0/s1. The summed E-state index contributed by atoms with van der Waals surface area (Å²) in [6.07, 6.45) is 4.59. The number of ether oxygens (including phenoxy) is 1. The summed E-state index contributed by atoms with van der Waals surface area (Å²) in [4.78, 5) is 12.8. The van der Waals surface area contributed by atoms with Gasteiger partial charge in [0.25, 0.3) is 0 Å². The van der Waals surface area contributed by atoms with Gasteiger partial charge in [0.1, 0.15) is 11.4 Å². The van der Waals surface area contributed by atoms with Gasteiger partial charge in [-0.3, -0.25) is 4.79 Å². The van der Waals surface area contributed by atoms with E-state index in [0.29, 0.717) is 5.75 Å². The number of carbonyl (C=O) groups is 1. The third-order valence-electron chi connectivity index (χ3n) is 6.01. The molecule has 0 amide bonds. The predicted octanol–water partition coefficient (Wildman–Crippen LogP) is 6.36. The highest BCUT2D eigenvalue weighted by atomic mass is 28.4. The second kappa shape index (κ2) is 7.33. The number of para-hydroxylation sites is 1. The van der Waals surface area contributed by atoms with E-state index in [1.807, 2.05) is 18.2 Å². The molecule has 5 rings (SSSR count). The lowest BCUT2D eigenvalue weighted by molar-refractivity contribution is -0.137. The van der Waals surface area contributed by atoms with Gasteiger partial charge >= 0.3 is 5.97 Å². The largest absolute Gasteiger partial charge is 0.426 e. The van der Waals surface area contributed by atoms with Crippen LogP contribution in [0.25, 0.3) is 12.2 Å². The lowest BCUT2D eigenvalue weighted by Gasteiger charge is -2.47. The number of hydrogen-bond acceptors (Lipinski definition) is 3. The van der Waals surface area contributed by atoms with Crippen LogP contribution in [0.2, 0.25) is 19.6 Å². The molecule has 0 aromatic heterocycles. The lowest BCUT2D eigenvalue weighted by Crippen LogP contribution is -2.48. The molecule has 1 atom stereocenters. The molecule has 3 nitrogen and oxygen atoms in total. The number of esters is 1. The van der Waals surface area contributed by atoms with Gasteiger partial charge in [-0.25, -0.2) is 0 Å². The highest BCUT2D eigenvalue weighted by Crippen LogP contribution is 2.55. The first kappa shape index (κ1) is 20.0. The highest BCUT2D eigenvalue weighted by molar-refractivity contribution is 6.69. The second-order valence-corrected chi connectivity index (χ2v) is 13.7. The van der Waals surface area contributed by atoms with E-state index in [9.17, 15) is 4.79 Å². The van der Waals surface area contributed by atoms with Gasteiger partial charge in [-0.15, -0.1) is 0 Å². The lowest BCUT2D eigenvalue weighted by atomic mass is 9.69. The molecule has 0 fully saturated rings. The van der Waals surface area contributed by atoms with Crippen LogP contribution < -0.4 is 4.74 Å². The fourth-order valence-corrected chi connectivity index (χ4v) is 6.32. The predicted molar refractivity (Wildman–Crippen MR) is 126 cm³/mol. The van der Waals surface area contributed by atoms with E-state index in [4.69, 9.17) is 9.16 Å². The molecule has 31 heavy (non-hydrogen) atoms. The van der Waals surface area contributed by atoms with E-state index in [1.54, 1.807) is 0 Å². The Balaban J connectivity index is 1.90. The quantitative estimate of drug-likeness (QED) is 0.278. The molecule has 3 aromatic rings. The van der Waals surface area contributed by atoms with E-state index < -0.39 is 13.9 Å². The Kier molecular flexibility index (Phi) is 4.72. The van der Waals surface area contributed by atoms with Gasteiger partial charge in [0.2, 0.25) is 0 Å². The summed E-state index contributed by atoms with van der Waals surface area (Å²) in [5.41, 5.74) is 4.67. The van der Waals surface area contributed by atoms with Crippen LogP contribution >= 0.6 is 0 Å². The van der Waals surface area contributed by atoms with E-state index in [0.717, 1.165) is 27.8 Å². The molecule has 0 radical (unpaired) electrons. The van der Waals surface area contributed by atoms with Crippen molar-refractivity contribution in [1.82, 2.24) is 0 Å². The van der Waals surface area contributed by atoms with Gasteiger partial charge in [-0.2, -0.15) is 0 Å². The molecule has 1 aliphatic carbocycles. The van der Waals surface area contributed by atoms with Crippen molar-refractivity contribution in [3.8, 4) is 5.75 Å². The Bertz CT molecular complexity index is 1140. The van der Waals surface area contributed by atoms with Crippen LogP contribution in [0.1, 0.15) is 40.2 Å². The third-order valence-corrected chi connectivity index (χ3v) is 6.95. The van der Waals surface area contributed by atoms with Gasteiger partial charge in [-0.1, -0.05) is 78.9 Å². The molecule has 0 N–H and O–H groups in total. The molecule has 156 valence electrons. The zero-order valence-corrected chi connectivity index (χ0v) is 19.1. The Morgan fingerprint density at radius 1 is 0.839 bits per heavy atom. The van der Waals surface area contributed by atoms with Gasteiger partial charge in [0.05, 0.1) is 6.42 Å². The summed E-state index contributed by atoms with van der Waals surface area (Å²) in [5, 5.41) is 0. The minimum atomic E-state index is -2.08. The van der Waals surface area contributed by atoms with Crippen molar-refractivity contribution in [3.05, 3.63) is 101 Å². The monoisotopic (exact) mass is 426 g/mol. The summed E-state index contributed by atoms with van der Waals surface area (Å²) in [7, 11) is -2.08. The van der Waals surface area contributed by atoms with E-state index in [1.165, 1.54) is 0 Å². The fraction of sp³-hybridized carbons (Fsp3) is 0.222. The molecule has 2 aliphatic rings. The number of fused-ring (bicyclic) bond motifs is 3. The first-order valence-corrected chi connectivity index (χ1v) is 14.2. The average molecular weight is 427 g/mol. The summed E-state index contributed by atoms with van der Waals surface area (Å²) in [5.74, 6) is 0.225. The van der Waals surface area contributed by atoms with Gasteiger partial charge in [0, 0.05) is 11.5 Å². The number of carbonyl (C=O) groups excluding carboxylic acids is 1. The van der Waals surface area contributed by atoms with Gasteiger partial charge in [0.15, 0.2) is 8.32 Å². The van der Waals surface area contributed by atoms with E-state index in [-0.39, 0.29) is 18.3 Å². The van der Waals surface area contributed by atoms with Crippen LogP contribution in [0.15, 0.2) is 72.8 Å². The maximum atomic E-state index is 12.8. The van der Waals surface area contributed by atoms with E-state index in [2.05, 4.69) is 86.4 Å². The van der Waals surface area contributed by atoms with Gasteiger partial charge in [-0.05, 0) is 48.0 Å². The summed E-state index contributed by atoms with van der Waals surface area (Å²) >= 11 is 0. The van der Waals surface area contributed by atoms with Crippen molar-refractivity contribution in [2.75, 3.05) is 0 Å². The normalized spacial score (nSPS) is 18.9. The smallest absolute Gasteiger partial charge is 0.311 e. The topological polar surface area (TPSA) is 35.5 Å². The fourth-order valence-electron chi connectivity index (χ4n) is 4.99.